The maximum Gasteiger partial charge on any atom is 0.224 e. The summed E-state index contributed by atoms with van der Waals surface area (Å²) < 4.78 is 10.4. The highest BCUT2D eigenvalue weighted by Crippen LogP contribution is 2.38. The number of rotatable bonds is 4. The van der Waals surface area contributed by atoms with Gasteiger partial charge in [0.1, 0.15) is 11.5 Å². The van der Waals surface area contributed by atoms with E-state index in [1.807, 2.05) is 0 Å². The van der Waals surface area contributed by atoms with Gasteiger partial charge in [-0.25, -0.2) is 4.98 Å². The van der Waals surface area contributed by atoms with Crippen LogP contribution < -0.4 is 20.5 Å². The van der Waals surface area contributed by atoms with Crippen molar-refractivity contribution in [2.45, 2.75) is 6.92 Å². The van der Waals surface area contributed by atoms with E-state index in [9.17, 15) is 0 Å². The molecule has 2 rings (SSSR count). The van der Waals surface area contributed by atoms with Crippen LogP contribution in [0.3, 0.4) is 0 Å². The Morgan fingerprint density at radius 2 is 1.76 bits per heavy atom. The molecule has 0 saturated carbocycles. The van der Waals surface area contributed by atoms with Gasteiger partial charge >= 0.3 is 0 Å². The lowest BCUT2D eigenvalue weighted by Gasteiger charge is -2.15. The predicted molar refractivity (Wildman–Crippen MR) is 84.0 cm³/mol. The Morgan fingerprint density at radius 3 is 2.38 bits per heavy atom. The summed E-state index contributed by atoms with van der Waals surface area (Å²) in [5.41, 5.74) is 7.50. The number of nitrogens with two attached hydrogens (primary N) is 1. The number of hydrogen-bond acceptors (Lipinski definition) is 6. The van der Waals surface area contributed by atoms with Gasteiger partial charge in [0.2, 0.25) is 5.28 Å². The van der Waals surface area contributed by atoms with E-state index in [1.54, 1.807) is 19.1 Å². The lowest BCUT2D eigenvalue weighted by molar-refractivity contribution is 0.396. The number of nitrogens with one attached hydrogen (secondary N) is 1. The summed E-state index contributed by atoms with van der Waals surface area (Å²) in [4.78, 5) is 8.04. The maximum absolute atomic E-state index is 6.12. The van der Waals surface area contributed by atoms with Crippen molar-refractivity contribution in [2.24, 2.45) is 0 Å². The molecule has 1 aromatic heterocycles. The molecule has 0 fully saturated rings. The number of anilines is 3. The van der Waals surface area contributed by atoms with E-state index in [0.717, 1.165) is 0 Å². The Labute approximate surface area is 132 Å². The Hall–Kier alpha value is -1.92. The standard InChI is InChI=1S/C13H14Cl2N4O2/c1-6-11(16)12(19-13(15)17-6)18-8-4-7(14)9(20-2)5-10(8)21-3/h4-5H,16H2,1-3H3,(H,17,18,19). The highest BCUT2D eigenvalue weighted by atomic mass is 35.5. The maximum atomic E-state index is 6.12. The third-order valence-electron chi connectivity index (χ3n) is 2.84. The van der Waals surface area contributed by atoms with Crippen molar-refractivity contribution in [1.29, 1.82) is 0 Å². The molecule has 0 saturated heterocycles. The van der Waals surface area contributed by atoms with Crippen LogP contribution in [-0.4, -0.2) is 24.2 Å². The van der Waals surface area contributed by atoms with Gasteiger partial charge in [-0.3, -0.25) is 0 Å². The molecular weight excluding hydrogens is 315 g/mol. The topological polar surface area (TPSA) is 82.3 Å². The lowest BCUT2D eigenvalue weighted by Crippen LogP contribution is -2.05. The minimum atomic E-state index is 0.0998. The molecule has 112 valence electrons. The van der Waals surface area contributed by atoms with Gasteiger partial charge in [-0.2, -0.15) is 4.98 Å². The molecule has 1 heterocycles. The van der Waals surface area contributed by atoms with E-state index in [1.165, 1.54) is 14.2 Å². The first-order valence-electron chi connectivity index (χ1n) is 5.94. The highest BCUT2D eigenvalue weighted by Gasteiger charge is 2.13. The van der Waals surface area contributed by atoms with Gasteiger partial charge in [-0.1, -0.05) is 11.6 Å². The largest absolute Gasteiger partial charge is 0.495 e. The Balaban J connectivity index is 2.46. The second kappa shape index (κ2) is 6.24. The van der Waals surface area contributed by atoms with Crippen LogP contribution in [0.25, 0.3) is 0 Å². The summed E-state index contributed by atoms with van der Waals surface area (Å²) >= 11 is 12.0. The highest BCUT2D eigenvalue weighted by molar-refractivity contribution is 6.32. The van der Waals surface area contributed by atoms with Crippen LogP contribution in [0.4, 0.5) is 17.2 Å². The zero-order chi connectivity index (χ0) is 15.6. The molecule has 1 aromatic carbocycles. The van der Waals surface area contributed by atoms with Crippen molar-refractivity contribution < 1.29 is 9.47 Å². The average Bonchev–Trinajstić information content (AvgIpc) is 2.44. The van der Waals surface area contributed by atoms with Crippen LogP contribution in [0.15, 0.2) is 12.1 Å². The number of aryl methyl sites for hydroxylation is 1. The van der Waals surface area contributed by atoms with E-state index in [4.69, 9.17) is 38.4 Å². The number of aromatic nitrogens is 2. The van der Waals surface area contributed by atoms with E-state index >= 15 is 0 Å². The fraction of sp³-hybridized carbons (Fsp3) is 0.231. The molecule has 3 N–H and O–H groups in total. The molecule has 8 heteroatoms. The summed E-state index contributed by atoms with van der Waals surface area (Å²) in [6, 6.07) is 3.32. The zero-order valence-electron chi connectivity index (χ0n) is 11.7. The molecule has 0 aliphatic carbocycles. The van der Waals surface area contributed by atoms with Crippen molar-refractivity contribution >= 4 is 40.4 Å². The average molecular weight is 329 g/mol. The van der Waals surface area contributed by atoms with Crippen molar-refractivity contribution in [1.82, 2.24) is 9.97 Å². The molecule has 0 atom stereocenters. The van der Waals surface area contributed by atoms with Gasteiger partial charge in [-0.05, 0) is 24.6 Å². The molecule has 6 nitrogen and oxygen atoms in total. The summed E-state index contributed by atoms with van der Waals surface area (Å²) in [6.45, 7) is 1.74. The second-order valence-electron chi connectivity index (χ2n) is 4.15. The number of ether oxygens (including phenoxy) is 2. The molecule has 0 unspecified atom stereocenters. The first-order chi connectivity index (χ1) is 9.96. The van der Waals surface area contributed by atoms with E-state index in [0.29, 0.717) is 39.4 Å². The number of halogens is 2. The quantitative estimate of drug-likeness (QED) is 0.836. The van der Waals surface area contributed by atoms with Crippen LogP contribution in [0.1, 0.15) is 5.69 Å². The minimum Gasteiger partial charge on any atom is -0.495 e. The van der Waals surface area contributed by atoms with Gasteiger partial charge in [0.15, 0.2) is 5.82 Å². The van der Waals surface area contributed by atoms with Crippen LogP contribution >= 0.6 is 23.2 Å². The van der Waals surface area contributed by atoms with Gasteiger partial charge in [0.05, 0.1) is 36.3 Å². The molecule has 0 bridgehead atoms. The summed E-state index contributed by atoms with van der Waals surface area (Å²) in [5, 5.41) is 3.57. The summed E-state index contributed by atoms with van der Waals surface area (Å²) in [5.74, 6) is 1.42. The van der Waals surface area contributed by atoms with E-state index < -0.39 is 0 Å². The predicted octanol–water partition coefficient (Wildman–Crippen LogP) is 3.43. The Bertz CT molecular complexity index is 680. The van der Waals surface area contributed by atoms with Gasteiger partial charge < -0.3 is 20.5 Å². The molecule has 0 aliphatic rings. The number of hydrogen-bond donors (Lipinski definition) is 2. The number of nitrogens with zero attached hydrogens (tertiary/aromatic N) is 2. The fourth-order valence-corrected chi connectivity index (χ4v) is 2.18. The molecule has 0 aliphatic heterocycles. The molecule has 2 aromatic rings. The number of benzene rings is 1. The van der Waals surface area contributed by atoms with Crippen molar-refractivity contribution in [3.8, 4) is 11.5 Å². The van der Waals surface area contributed by atoms with Crippen LogP contribution in [-0.2, 0) is 0 Å². The van der Waals surface area contributed by atoms with E-state index in [2.05, 4.69) is 15.3 Å². The monoisotopic (exact) mass is 328 g/mol. The van der Waals surface area contributed by atoms with Crippen molar-refractivity contribution in [3.63, 3.8) is 0 Å². The van der Waals surface area contributed by atoms with Gasteiger partial charge in [-0.15, -0.1) is 0 Å². The lowest BCUT2D eigenvalue weighted by atomic mass is 10.2. The third-order valence-corrected chi connectivity index (χ3v) is 3.30. The third kappa shape index (κ3) is 3.22. The van der Waals surface area contributed by atoms with Crippen LogP contribution in [0, 0.1) is 6.92 Å². The minimum absolute atomic E-state index is 0.0998. The molecule has 0 spiro atoms. The SMILES string of the molecule is COc1cc(OC)c(Nc2nc(Cl)nc(C)c2N)cc1Cl. The Kier molecular flexibility index (Phi) is 4.59. The fourth-order valence-electron chi connectivity index (χ4n) is 1.73. The normalized spacial score (nSPS) is 10.3. The van der Waals surface area contributed by atoms with Gasteiger partial charge in [0.25, 0.3) is 0 Å². The molecule has 21 heavy (non-hydrogen) atoms. The van der Waals surface area contributed by atoms with Crippen LogP contribution in [0.2, 0.25) is 10.3 Å². The van der Waals surface area contributed by atoms with E-state index in [-0.39, 0.29) is 5.28 Å². The number of methoxy groups -OCH3 is 2. The Morgan fingerprint density at radius 1 is 1.10 bits per heavy atom. The molecular formula is C13H14Cl2N4O2. The summed E-state index contributed by atoms with van der Waals surface area (Å²) in [6.07, 6.45) is 0. The first kappa shape index (κ1) is 15.5. The van der Waals surface area contributed by atoms with Crippen LogP contribution in [0.5, 0.6) is 11.5 Å². The first-order valence-corrected chi connectivity index (χ1v) is 6.70. The van der Waals surface area contributed by atoms with Gasteiger partial charge in [0, 0.05) is 6.07 Å². The number of nitrogen functional groups attached to an aromatic ring is 1. The molecule has 0 amide bonds. The summed E-state index contributed by atoms with van der Waals surface area (Å²) in [7, 11) is 3.06. The van der Waals surface area contributed by atoms with Crippen molar-refractivity contribution in [2.75, 3.05) is 25.3 Å². The zero-order valence-corrected chi connectivity index (χ0v) is 13.2. The molecule has 0 radical (unpaired) electrons. The second-order valence-corrected chi connectivity index (χ2v) is 4.90. The smallest absolute Gasteiger partial charge is 0.224 e. The van der Waals surface area contributed by atoms with Crippen molar-refractivity contribution in [3.05, 3.63) is 28.1 Å².